The lowest BCUT2D eigenvalue weighted by Gasteiger charge is -2.19. The maximum absolute atomic E-state index is 6.15. The number of fused-ring (bicyclic) bond motifs is 2. The second-order valence-corrected chi connectivity index (χ2v) is 8.15. The van der Waals surface area contributed by atoms with E-state index in [1.54, 1.807) is 7.11 Å². The van der Waals surface area contributed by atoms with Crippen molar-refractivity contribution in [1.29, 1.82) is 0 Å². The molecule has 0 saturated heterocycles. The highest BCUT2D eigenvalue weighted by Gasteiger charge is 2.14. The van der Waals surface area contributed by atoms with Gasteiger partial charge in [0, 0.05) is 18.5 Å². The zero-order valence-electron chi connectivity index (χ0n) is 19.4. The van der Waals surface area contributed by atoms with Crippen molar-refractivity contribution in [3.05, 3.63) is 89.5 Å². The van der Waals surface area contributed by atoms with Crippen molar-refractivity contribution in [2.24, 2.45) is 0 Å². The normalized spacial score (nSPS) is 11.5. The summed E-state index contributed by atoms with van der Waals surface area (Å²) in [6, 6.07) is 25.8. The lowest BCUT2D eigenvalue weighted by atomic mass is 9.91. The van der Waals surface area contributed by atoms with Crippen LogP contribution in [0.15, 0.2) is 72.8 Å². The summed E-state index contributed by atoms with van der Waals surface area (Å²) < 4.78 is 11.9. The van der Waals surface area contributed by atoms with Crippen LogP contribution in [0.3, 0.4) is 0 Å². The molecule has 0 atom stereocenters. The molecule has 4 aromatic carbocycles. The predicted octanol–water partition coefficient (Wildman–Crippen LogP) is 6.45. The van der Waals surface area contributed by atoms with Crippen LogP contribution in [0.5, 0.6) is 5.75 Å². The Morgan fingerprint density at radius 1 is 0.719 bits per heavy atom. The van der Waals surface area contributed by atoms with Crippen LogP contribution in [0.25, 0.3) is 21.5 Å². The van der Waals surface area contributed by atoms with Crippen LogP contribution in [-0.2, 0) is 17.8 Å². The lowest BCUT2D eigenvalue weighted by molar-refractivity contribution is 0.0953. The number of rotatable bonds is 10. The molecular formula is C29H33NO2. The van der Waals surface area contributed by atoms with Crippen LogP contribution in [0.2, 0.25) is 0 Å². The van der Waals surface area contributed by atoms with Crippen LogP contribution < -0.4 is 4.74 Å². The Kier molecular flexibility index (Phi) is 7.41. The molecule has 0 radical (unpaired) electrons. The smallest absolute Gasteiger partial charge is 0.123 e. The molecule has 4 aromatic rings. The second kappa shape index (κ2) is 10.6. The van der Waals surface area contributed by atoms with Crippen LogP contribution >= 0.6 is 0 Å². The van der Waals surface area contributed by atoms with Gasteiger partial charge in [-0.1, -0.05) is 80.6 Å². The van der Waals surface area contributed by atoms with E-state index in [2.05, 4.69) is 91.5 Å². The first-order valence-electron chi connectivity index (χ1n) is 11.6. The monoisotopic (exact) mass is 427 g/mol. The highest BCUT2D eigenvalue weighted by atomic mass is 16.5. The first-order valence-corrected chi connectivity index (χ1v) is 11.6. The molecule has 3 nitrogen and oxygen atoms in total. The number of nitrogens with zero attached hydrogens (tertiary/aromatic N) is 1. The van der Waals surface area contributed by atoms with Gasteiger partial charge in [-0.3, -0.25) is 0 Å². The predicted molar refractivity (Wildman–Crippen MR) is 135 cm³/mol. The third kappa shape index (κ3) is 4.79. The highest BCUT2D eigenvalue weighted by molar-refractivity contribution is 5.91. The number of methoxy groups -OCH3 is 1. The van der Waals surface area contributed by atoms with Crippen molar-refractivity contribution in [2.45, 2.75) is 26.9 Å². The molecule has 4 rings (SSSR count). The second-order valence-electron chi connectivity index (χ2n) is 8.15. The number of likely N-dealkylation sites (N-methyl/N-ethyl adjacent to an activating group) is 1. The van der Waals surface area contributed by atoms with Gasteiger partial charge in [-0.2, -0.15) is 0 Å². The maximum atomic E-state index is 6.15. The summed E-state index contributed by atoms with van der Waals surface area (Å²) in [6.07, 6.45) is 0.806. The summed E-state index contributed by atoms with van der Waals surface area (Å²) in [5.41, 5.74) is 3.80. The molecule has 32 heavy (non-hydrogen) atoms. The zero-order valence-corrected chi connectivity index (χ0v) is 19.4. The van der Waals surface area contributed by atoms with Crippen molar-refractivity contribution in [3.63, 3.8) is 0 Å². The summed E-state index contributed by atoms with van der Waals surface area (Å²) >= 11 is 0. The fourth-order valence-corrected chi connectivity index (χ4v) is 4.51. The van der Waals surface area contributed by atoms with Gasteiger partial charge >= 0.3 is 0 Å². The van der Waals surface area contributed by atoms with Gasteiger partial charge in [-0.15, -0.1) is 0 Å². The van der Waals surface area contributed by atoms with Gasteiger partial charge in [-0.05, 0) is 51.8 Å². The molecular weight excluding hydrogens is 394 g/mol. The molecule has 0 unspecified atom stereocenters. The Morgan fingerprint density at radius 3 is 2.00 bits per heavy atom. The molecule has 0 aliphatic carbocycles. The standard InChI is InChI=1S/C29H33NO2/c1-4-30(5-2)18-19-32-21-24-15-14-22-10-6-8-12-25(22)27(24)20-28-26-13-9-7-11-23(26)16-17-29(28)31-3/h6-17H,4-5,18-21H2,1-3H3. The van der Waals surface area contributed by atoms with Gasteiger partial charge in [0.1, 0.15) is 5.75 Å². The van der Waals surface area contributed by atoms with E-state index in [1.165, 1.54) is 38.2 Å². The van der Waals surface area contributed by atoms with Gasteiger partial charge in [0.05, 0.1) is 20.3 Å². The average Bonchev–Trinajstić information content (AvgIpc) is 2.85. The average molecular weight is 428 g/mol. The minimum absolute atomic E-state index is 0.620. The first kappa shape index (κ1) is 22.3. The molecule has 0 aliphatic heterocycles. The zero-order chi connectivity index (χ0) is 22.3. The largest absolute Gasteiger partial charge is 0.496 e. The minimum atomic E-state index is 0.620. The van der Waals surface area contributed by atoms with E-state index >= 15 is 0 Å². The Labute approximate surface area is 191 Å². The minimum Gasteiger partial charge on any atom is -0.496 e. The maximum Gasteiger partial charge on any atom is 0.123 e. The van der Waals surface area contributed by atoms with E-state index in [-0.39, 0.29) is 0 Å². The van der Waals surface area contributed by atoms with Gasteiger partial charge < -0.3 is 14.4 Å². The molecule has 0 fully saturated rings. The van der Waals surface area contributed by atoms with Crippen LogP contribution in [0.1, 0.15) is 30.5 Å². The van der Waals surface area contributed by atoms with E-state index < -0.39 is 0 Å². The molecule has 0 bridgehead atoms. The number of hydrogen-bond donors (Lipinski definition) is 0. The fraction of sp³-hybridized carbons (Fsp3) is 0.310. The Bertz CT molecular complexity index is 1180. The van der Waals surface area contributed by atoms with Crippen molar-refractivity contribution < 1.29 is 9.47 Å². The van der Waals surface area contributed by atoms with Crippen LogP contribution in [-0.4, -0.2) is 38.3 Å². The summed E-state index contributed by atoms with van der Waals surface area (Å²) in [4.78, 5) is 2.39. The van der Waals surface area contributed by atoms with Crippen LogP contribution in [0, 0.1) is 0 Å². The summed E-state index contributed by atoms with van der Waals surface area (Å²) in [7, 11) is 1.76. The lowest BCUT2D eigenvalue weighted by Crippen LogP contribution is -2.27. The Morgan fingerprint density at radius 2 is 1.34 bits per heavy atom. The Hall–Kier alpha value is -2.88. The highest BCUT2D eigenvalue weighted by Crippen LogP contribution is 2.33. The summed E-state index contributed by atoms with van der Waals surface area (Å²) in [5.74, 6) is 0.935. The van der Waals surface area contributed by atoms with Gasteiger partial charge in [0.2, 0.25) is 0 Å². The van der Waals surface area contributed by atoms with Gasteiger partial charge in [0.25, 0.3) is 0 Å². The van der Waals surface area contributed by atoms with E-state index in [1.807, 2.05) is 0 Å². The van der Waals surface area contributed by atoms with Crippen LogP contribution in [0.4, 0.5) is 0 Å². The van der Waals surface area contributed by atoms with E-state index in [0.717, 1.165) is 38.4 Å². The molecule has 0 N–H and O–H groups in total. The Balaban J connectivity index is 1.70. The van der Waals surface area contributed by atoms with E-state index in [4.69, 9.17) is 9.47 Å². The quantitative estimate of drug-likeness (QED) is 0.271. The third-order valence-corrected chi connectivity index (χ3v) is 6.41. The van der Waals surface area contributed by atoms with E-state index in [0.29, 0.717) is 6.61 Å². The van der Waals surface area contributed by atoms with E-state index in [9.17, 15) is 0 Å². The van der Waals surface area contributed by atoms with Crippen molar-refractivity contribution >= 4 is 21.5 Å². The molecule has 0 saturated carbocycles. The molecule has 0 amide bonds. The third-order valence-electron chi connectivity index (χ3n) is 6.41. The molecule has 0 aromatic heterocycles. The molecule has 0 heterocycles. The van der Waals surface area contributed by atoms with Gasteiger partial charge in [-0.25, -0.2) is 0 Å². The molecule has 166 valence electrons. The fourth-order valence-electron chi connectivity index (χ4n) is 4.51. The van der Waals surface area contributed by atoms with Crippen molar-refractivity contribution in [1.82, 2.24) is 4.90 Å². The first-order chi connectivity index (χ1) is 15.7. The van der Waals surface area contributed by atoms with Crippen molar-refractivity contribution in [2.75, 3.05) is 33.4 Å². The molecule has 3 heteroatoms. The van der Waals surface area contributed by atoms with Gasteiger partial charge in [0.15, 0.2) is 0 Å². The number of hydrogen-bond acceptors (Lipinski definition) is 3. The SMILES string of the molecule is CCN(CC)CCOCc1ccc2ccccc2c1Cc1c(OC)ccc2ccccc12. The molecule has 0 aliphatic rings. The topological polar surface area (TPSA) is 21.7 Å². The summed E-state index contributed by atoms with van der Waals surface area (Å²) in [5, 5.41) is 5.02. The number of ether oxygens (including phenoxy) is 2. The molecule has 0 spiro atoms. The number of benzene rings is 4. The van der Waals surface area contributed by atoms with Crippen molar-refractivity contribution in [3.8, 4) is 5.75 Å². The summed E-state index contributed by atoms with van der Waals surface area (Å²) in [6.45, 7) is 8.84.